The molecule has 0 radical (unpaired) electrons. The van der Waals surface area contributed by atoms with Crippen molar-refractivity contribution in [2.45, 2.75) is 0 Å². The largest absolute Gasteiger partial charge is 0.465 e. The van der Waals surface area contributed by atoms with Crippen LogP contribution in [-0.4, -0.2) is 42.4 Å². The van der Waals surface area contributed by atoms with Gasteiger partial charge in [-0.05, 0) is 18.2 Å². The predicted molar refractivity (Wildman–Crippen MR) is 96.7 cm³/mol. The van der Waals surface area contributed by atoms with Crippen LogP contribution in [-0.2, 0) is 14.3 Å². The van der Waals surface area contributed by atoms with Gasteiger partial charge >= 0.3 is 11.9 Å². The minimum absolute atomic E-state index is 0.264. The number of ether oxygens (including phenoxy) is 2. The molecular weight excluding hydrogens is 405 g/mol. The lowest BCUT2D eigenvalue weighted by Gasteiger charge is -2.09. The highest BCUT2D eigenvalue weighted by Gasteiger charge is 2.20. The number of nitro groups is 1. The molecule has 0 saturated heterocycles. The first-order chi connectivity index (χ1) is 14.2. The van der Waals surface area contributed by atoms with E-state index in [-0.39, 0.29) is 16.7 Å². The van der Waals surface area contributed by atoms with E-state index in [1.165, 1.54) is 18.2 Å². The van der Waals surface area contributed by atoms with Crippen LogP contribution in [0.4, 0.5) is 10.1 Å². The summed E-state index contributed by atoms with van der Waals surface area (Å²) >= 11 is 0. The molecule has 0 atom stereocenters. The Kier molecular flexibility index (Phi) is 7.11. The van der Waals surface area contributed by atoms with Gasteiger partial charge in [0.2, 0.25) is 0 Å². The highest BCUT2D eigenvalue weighted by atomic mass is 19.1. The van der Waals surface area contributed by atoms with Gasteiger partial charge < -0.3 is 9.47 Å². The van der Waals surface area contributed by atoms with E-state index < -0.39 is 46.8 Å². The highest BCUT2D eigenvalue weighted by molar-refractivity contribution is 5.98. The normalized spacial score (nSPS) is 9.93. The van der Waals surface area contributed by atoms with E-state index >= 15 is 0 Å². The maximum atomic E-state index is 13.5. The van der Waals surface area contributed by atoms with Crippen molar-refractivity contribution < 1.29 is 38.0 Å². The number of hydrogen-bond acceptors (Lipinski definition) is 8. The first-order valence-electron chi connectivity index (χ1n) is 8.11. The lowest BCUT2D eigenvalue weighted by molar-refractivity contribution is -0.384. The number of non-ortho nitro benzene ring substituents is 1. The maximum Gasteiger partial charge on any atom is 0.338 e. The summed E-state index contributed by atoms with van der Waals surface area (Å²) in [5.41, 5.74) is 2.34. The second-order valence-electron chi connectivity index (χ2n) is 5.58. The number of esters is 2. The first-order valence-corrected chi connectivity index (χ1v) is 8.11. The summed E-state index contributed by atoms with van der Waals surface area (Å²) in [5, 5.41) is 11.0. The molecule has 0 spiro atoms. The van der Waals surface area contributed by atoms with Gasteiger partial charge in [-0.1, -0.05) is 12.1 Å². The zero-order chi connectivity index (χ0) is 22.3. The second-order valence-corrected chi connectivity index (χ2v) is 5.58. The van der Waals surface area contributed by atoms with Gasteiger partial charge in [0.25, 0.3) is 17.5 Å². The molecule has 2 amide bonds. The van der Waals surface area contributed by atoms with Crippen molar-refractivity contribution in [3.8, 4) is 0 Å². The average molecular weight is 419 g/mol. The summed E-state index contributed by atoms with van der Waals surface area (Å²) in [5.74, 6) is -4.76. The zero-order valence-electron chi connectivity index (χ0n) is 15.3. The van der Waals surface area contributed by atoms with Crippen molar-refractivity contribution in [2.24, 2.45) is 0 Å². The molecule has 156 valence electrons. The number of nitrogens with one attached hydrogen (secondary N) is 2. The molecule has 0 heterocycles. The van der Waals surface area contributed by atoms with Crippen LogP contribution < -0.4 is 10.9 Å². The fourth-order valence-electron chi connectivity index (χ4n) is 2.16. The number of amides is 2. The Bertz CT molecular complexity index is 1020. The van der Waals surface area contributed by atoms with Crippen molar-refractivity contribution in [1.82, 2.24) is 10.9 Å². The third-order valence-electron chi connectivity index (χ3n) is 3.55. The fourth-order valence-corrected chi connectivity index (χ4v) is 2.16. The Balaban J connectivity index is 1.98. The Morgan fingerprint density at radius 1 is 1.03 bits per heavy atom. The molecule has 2 rings (SSSR count). The van der Waals surface area contributed by atoms with E-state index in [4.69, 9.17) is 4.74 Å². The summed E-state index contributed by atoms with van der Waals surface area (Å²) in [6.07, 6.45) is 0. The molecule has 0 aliphatic carbocycles. The van der Waals surface area contributed by atoms with Crippen LogP contribution in [0.25, 0.3) is 0 Å². The molecule has 0 fully saturated rings. The predicted octanol–water partition coefficient (Wildman–Crippen LogP) is 1.14. The summed E-state index contributed by atoms with van der Waals surface area (Å²) in [6.45, 7) is -0.868. The molecule has 0 saturated carbocycles. The van der Waals surface area contributed by atoms with Crippen LogP contribution in [0.15, 0.2) is 42.5 Å². The number of hydrogen-bond donors (Lipinski definition) is 2. The summed E-state index contributed by atoms with van der Waals surface area (Å²) in [7, 11) is 1.05. The third-order valence-corrected chi connectivity index (χ3v) is 3.55. The number of carbonyl (C=O) groups is 4. The molecule has 12 heteroatoms. The quantitative estimate of drug-likeness (QED) is 0.401. The molecule has 2 N–H and O–H groups in total. The van der Waals surface area contributed by atoms with E-state index in [1.807, 2.05) is 10.9 Å². The third kappa shape index (κ3) is 5.58. The van der Waals surface area contributed by atoms with Crippen molar-refractivity contribution in [3.63, 3.8) is 0 Å². The molecule has 30 heavy (non-hydrogen) atoms. The molecule has 0 unspecified atom stereocenters. The Morgan fingerprint density at radius 3 is 2.27 bits per heavy atom. The standard InChI is InChI=1S/C18H14FN3O8/c1-29-17(25)10-6-11(8-12(7-10)22(27)28)18(26)30-9-15(23)20-21-16(24)13-4-2-3-5-14(13)19/h2-8H,9H2,1H3,(H,20,23)(H,21,24). The van der Waals surface area contributed by atoms with Gasteiger partial charge in [0.15, 0.2) is 6.61 Å². The van der Waals surface area contributed by atoms with Gasteiger partial charge in [-0.3, -0.25) is 30.6 Å². The van der Waals surface area contributed by atoms with Crippen LogP contribution in [0.2, 0.25) is 0 Å². The number of nitro benzene ring substituents is 1. The van der Waals surface area contributed by atoms with Gasteiger partial charge in [-0.15, -0.1) is 0 Å². The van der Waals surface area contributed by atoms with E-state index in [9.17, 15) is 33.7 Å². The molecule has 2 aromatic carbocycles. The van der Waals surface area contributed by atoms with Crippen molar-refractivity contribution in [2.75, 3.05) is 13.7 Å². The number of methoxy groups -OCH3 is 1. The van der Waals surface area contributed by atoms with Crippen LogP contribution in [0, 0.1) is 15.9 Å². The Hall–Kier alpha value is -4.35. The Morgan fingerprint density at radius 2 is 1.67 bits per heavy atom. The topological polar surface area (TPSA) is 154 Å². The van der Waals surface area contributed by atoms with Crippen LogP contribution in [0.5, 0.6) is 0 Å². The minimum atomic E-state index is -1.14. The SMILES string of the molecule is COC(=O)c1cc(C(=O)OCC(=O)NNC(=O)c2ccccc2F)cc([N+](=O)[O-])c1. The zero-order valence-corrected chi connectivity index (χ0v) is 15.3. The molecule has 11 nitrogen and oxygen atoms in total. The van der Waals surface area contributed by atoms with Gasteiger partial charge in [0, 0.05) is 12.1 Å². The van der Waals surface area contributed by atoms with E-state index in [0.29, 0.717) is 0 Å². The number of benzene rings is 2. The summed E-state index contributed by atoms with van der Waals surface area (Å²) in [6, 6.07) is 7.81. The van der Waals surface area contributed by atoms with E-state index in [0.717, 1.165) is 31.4 Å². The van der Waals surface area contributed by atoms with Gasteiger partial charge in [-0.25, -0.2) is 14.0 Å². The summed E-state index contributed by atoms with van der Waals surface area (Å²) < 4.78 is 22.6. The molecule has 0 aliphatic heterocycles. The average Bonchev–Trinajstić information content (AvgIpc) is 2.75. The van der Waals surface area contributed by atoms with Crippen LogP contribution >= 0.6 is 0 Å². The highest BCUT2D eigenvalue weighted by Crippen LogP contribution is 2.19. The number of hydrazine groups is 1. The minimum Gasteiger partial charge on any atom is -0.465 e. The second kappa shape index (κ2) is 9.73. The molecule has 0 aromatic heterocycles. The molecule has 2 aromatic rings. The lowest BCUT2D eigenvalue weighted by Crippen LogP contribution is -2.43. The van der Waals surface area contributed by atoms with E-state index in [1.54, 1.807) is 0 Å². The first kappa shape index (κ1) is 21.9. The van der Waals surface area contributed by atoms with Gasteiger partial charge in [0.05, 0.1) is 28.7 Å². The Labute approximate surface area is 167 Å². The molecule has 0 bridgehead atoms. The number of carbonyl (C=O) groups excluding carboxylic acids is 4. The van der Waals surface area contributed by atoms with E-state index in [2.05, 4.69) is 4.74 Å². The fraction of sp³-hybridized carbons (Fsp3) is 0.111. The van der Waals surface area contributed by atoms with Gasteiger partial charge in [-0.2, -0.15) is 0 Å². The molecule has 0 aliphatic rings. The monoisotopic (exact) mass is 419 g/mol. The number of halogens is 1. The number of rotatable bonds is 6. The van der Waals surface area contributed by atoms with Crippen molar-refractivity contribution >= 4 is 29.4 Å². The smallest absolute Gasteiger partial charge is 0.338 e. The van der Waals surface area contributed by atoms with Gasteiger partial charge in [0.1, 0.15) is 5.82 Å². The van der Waals surface area contributed by atoms with Crippen molar-refractivity contribution in [3.05, 3.63) is 75.1 Å². The maximum absolute atomic E-state index is 13.5. The van der Waals surface area contributed by atoms with Crippen molar-refractivity contribution in [1.29, 1.82) is 0 Å². The number of nitrogens with zero attached hydrogens (tertiary/aromatic N) is 1. The van der Waals surface area contributed by atoms with Crippen LogP contribution in [0.1, 0.15) is 31.1 Å². The lowest BCUT2D eigenvalue weighted by atomic mass is 10.1. The molecular formula is C18H14FN3O8. The summed E-state index contributed by atoms with van der Waals surface area (Å²) in [4.78, 5) is 57.3. The van der Waals surface area contributed by atoms with Crippen LogP contribution in [0.3, 0.4) is 0 Å².